The summed E-state index contributed by atoms with van der Waals surface area (Å²) in [7, 11) is 0. The van der Waals surface area contributed by atoms with Gasteiger partial charge in [0.2, 0.25) is 0 Å². The molecule has 21 heavy (non-hydrogen) atoms. The van der Waals surface area contributed by atoms with Gasteiger partial charge in [0.15, 0.2) is 0 Å². The Labute approximate surface area is 124 Å². The van der Waals surface area contributed by atoms with Crippen LogP contribution in [0.2, 0.25) is 0 Å². The maximum Gasteiger partial charge on any atom is 0.139 e. The van der Waals surface area contributed by atoms with E-state index in [-0.39, 0.29) is 11.9 Å². The van der Waals surface area contributed by atoms with Crippen molar-refractivity contribution in [3.05, 3.63) is 53.2 Å². The Morgan fingerprint density at radius 2 is 2.24 bits per heavy atom. The molecule has 3 rings (SSSR count). The van der Waals surface area contributed by atoms with Gasteiger partial charge in [0.1, 0.15) is 17.3 Å². The minimum atomic E-state index is -0.174. The summed E-state index contributed by atoms with van der Waals surface area (Å²) < 4.78 is 18.7. The first kappa shape index (κ1) is 14.3. The predicted octanol–water partition coefficient (Wildman–Crippen LogP) is 4.27. The molecular weight excluding hydrogens is 267 g/mol. The van der Waals surface area contributed by atoms with Crippen molar-refractivity contribution in [1.29, 1.82) is 0 Å². The predicted molar refractivity (Wildman–Crippen MR) is 79.4 cm³/mol. The molecule has 0 aliphatic carbocycles. The fraction of sp³-hybridized carbons (Fsp3) is 0.471. The second kappa shape index (κ2) is 5.98. The van der Waals surface area contributed by atoms with E-state index in [1.54, 1.807) is 12.1 Å². The first-order chi connectivity index (χ1) is 10.1. The molecule has 0 amide bonds. The Bertz CT molecular complexity index is 608. The Morgan fingerprint density at radius 1 is 1.38 bits per heavy atom. The van der Waals surface area contributed by atoms with Gasteiger partial charge in [-0.05, 0) is 37.1 Å². The van der Waals surface area contributed by atoms with E-state index in [4.69, 9.17) is 4.52 Å². The summed E-state index contributed by atoms with van der Waals surface area (Å²) >= 11 is 0. The van der Waals surface area contributed by atoms with Gasteiger partial charge in [-0.15, -0.1) is 0 Å². The Morgan fingerprint density at radius 3 is 2.95 bits per heavy atom. The zero-order chi connectivity index (χ0) is 14.8. The summed E-state index contributed by atoms with van der Waals surface area (Å²) in [4.78, 5) is 2.36. The molecule has 2 aromatic rings. The van der Waals surface area contributed by atoms with Crippen LogP contribution in [0.1, 0.15) is 55.7 Å². The number of hydrogen-bond acceptors (Lipinski definition) is 3. The van der Waals surface area contributed by atoms with Crippen LogP contribution in [0.4, 0.5) is 4.39 Å². The van der Waals surface area contributed by atoms with Crippen LogP contribution in [0.25, 0.3) is 0 Å². The van der Waals surface area contributed by atoms with Crippen molar-refractivity contribution in [3.8, 4) is 0 Å². The molecule has 1 aliphatic heterocycles. The van der Waals surface area contributed by atoms with E-state index in [2.05, 4.69) is 30.0 Å². The molecule has 1 saturated heterocycles. The highest BCUT2D eigenvalue weighted by Crippen LogP contribution is 2.33. The van der Waals surface area contributed by atoms with Gasteiger partial charge in [0, 0.05) is 18.5 Å². The molecule has 112 valence electrons. The van der Waals surface area contributed by atoms with Crippen molar-refractivity contribution in [2.24, 2.45) is 0 Å². The standard InChI is InChI=1S/C17H21FN2O/c1-12(2)17-10-15(19-21-17)16-7-4-8-20(16)11-13-5-3-6-14(18)9-13/h3,5-6,9-10,12,16H,4,7-8,11H2,1-2H3. The van der Waals surface area contributed by atoms with Gasteiger partial charge in [-0.1, -0.05) is 31.1 Å². The molecule has 2 heterocycles. The fourth-order valence-electron chi connectivity index (χ4n) is 2.95. The molecule has 0 radical (unpaired) electrons. The van der Waals surface area contributed by atoms with E-state index >= 15 is 0 Å². The van der Waals surface area contributed by atoms with Crippen LogP contribution in [0, 0.1) is 5.82 Å². The van der Waals surface area contributed by atoms with Crippen LogP contribution in [0.5, 0.6) is 0 Å². The summed E-state index contributed by atoms with van der Waals surface area (Å²) in [5, 5.41) is 4.24. The molecule has 4 heteroatoms. The molecule has 1 aromatic heterocycles. The quantitative estimate of drug-likeness (QED) is 0.841. The normalized spacial score (nSPS) is 19.5. The van der Waals surface area contributed by atoms with Crippen molar-refractivity contribution < 1.29 is 8.91 Å². The van der Waals surface area contributed by atoms with Crippen molar-refractivity contribution >= 4 is 0 Å². The largest absolute Gasteiger partial charge is 0.361 e. The maximum atomic E-state index is 13.3. The van der Waals surface area contributed by atoms with Gasteiger partial charge in [0.25, 0.3) is 0 Å². The molecule has 1 aliphatic rings. The van der Waals surface area contributed by atoms with Crippen LogP contribution in [0.3, 0.4) is 0 Å². The summed E-state index contributed by atoms with van der Waals surface area (Å²) in [5.41, 5.74) is 2.02. The summed E-state index contributed by atoms with van der Waals surface area (Å²) in [6, 6.07) is 9.18. The molecule has 1 atom stereocenters. The molecule has 0 spiro atoms. The molecule has 0 saturated carbocycles. The number of likely N-dealkylation sites (tertiary alicyclic amines) is 1. The van der Waals surface area contributed by atoms with Crippen LogP contribution in [0.15, 0.2) is 34.9 Å². The number of benzene rings is 1. The third-order valence-electron chi connectivity index (χ3n) is 4.10. The van der Waals surface area contributed by atoms with Crippen molar-refractivity contribution in [1.82, 2.24) is 10.1 Å². The van der Waals surface area contributed by atoms with Crippen LogP contribution >= 0.6 is 0 Å². The topological polar surface area (TPSA) is 29.3 Å². The van der Waals surface area contributed by atoms with E-state index < -0.39 is 0 Å². The molecular formula is C17H21FN2O. The average Bonchev–Trinajstić information content (AvgIpc) is 3.06. The molecule has 1 fully saturated rings. The lowest BCUT2D eigenvalue weighted by atomic mass is 10.1. The second-order valence-corrected chi connectivity index (χ2v) is 6.07. The zero-order valence-corrected chi connectivity index (χ0v) is 12.6. The van der Waals surface area contributed by atoms with Gasteiger partial charge in [-0.25, -0.2) is 4.39 Å². The van der Waals surface area contributed by atoms with Gasteiger partial charge in [0.05, 0.1) is 6.04 Å². The smallest absolute Gasteiger partial charge is 0.139 e. The lowest BCUT2D eigenvalue weighted by Crippen LogP contribution is -2.23. The van der Waals surface area contributed by atoms with E-state index in [0.29, 0.717) is 5.92 Å². The summed E-state index contributed by atoms with van der Waals surface area (Å²) in [6.45, 7) is 5.98. The zero-order valence-electron chi connectivity index (χ0n) is 12.6. The van der Waals surface area contributed by atoms with Crippen LogP contribution in [-0.2, 0) is 6.54 Å². The first-order valence-electron chi connectivity index (χ1n) is 7.58. The number of aromatic nitrogens is 1. The Hall–Kier alpha value is -1.68. The Balaban J connectivity index is 1.75. The van der Waals surface area contributed by atoms with E-state index in [0.717, 1.165) is 42.9 Å². The monoisotopic (exact) mass is 288 g/mol. The first-order valence-corrected chi connectivity index (χ1v) is 7.58. The highest BCUT2D eigenvalue weighted by atomic mass is 19.1. The fourth-order valence-corrected chi connectivity index (χ4v) is 2.95. The highest BCUT2D eigenvalue weighted by molar-refractivity contribution is 5.18. The average molecular weight is 288 g/mol. The van der Waals surface area contributed by atoms with E-state index in [1.165, 1.54) is 6.07 Å². The second-order valence-electron chi connectivity index (χ2n) is 6.07. The number of rotatable bonds is 4. The third-order valence-corrected chi connectivity index (χ3v) is 4.10. The maximum absolute atomic E-state index is 13.3. The summed E-state index contributed by atoms with van der Waals surface area (Å²) in [5.74, 6) is 1.11. The van der Waals surface area contributed by atoms with Crippen LogP contribution < -0.4 is 0 Å². The van der Waals surface area contributed by atoms with E-state index in [1.807, 2.05) is 6.07 Å². The number of halogens is 1. The van der Waals surface area contributed by atoms with Gasteiger partial charge in [-0.3, -0.25) is 4.90 Å². The van der Waals surface area contributed by atoms with Crippen molar-refractivity contribution in [2.75, 3.05) is 6.54 Å². The molecule has 3 nitrogen and oxygen atoms in total. The minimum Gasteiger partial charge on any atom is -0.361 e. The molecule has 1 unspecified atom stereocenters. The number of nitrogens with zero attached hydrogens (tertiary/aromatic N) is 2. The Kier molecular flexibility index (Phi) is 4.06. The van der Waals surface area contributed by atoms with Gasteiger partial charge < -0.3 is 4.52 Å². The highest BCUT2D eigenvalue weighted by Gasteiger charge is 2.29. The minimum absolute atomic E-state index is 0.174. The molecule has 1 aromatic carbocycles. The summed E-state index contributed by atoms with van der Waals surface area (Å²) in [6.07, 6.45) is 2.23. The van der Waals surface area contributed by atoms with Gasteiger partial charge >= 0.3 is 0 Å². The SMILES string of the molecule is CC(C)c1cc(C2CCCN2Cc2cccc(F)c2)no1. The number of hydrogen-bond donors (Lipinski definition) is 0. The lowest BCUT2D eigenvalue weighted by Gasteiger charge is -2.22. The van der Waals surface area contributed by atoms with Crippen LogP contribution in [-0.4, -0.2) is 16.6 Å². The van der Waals surface area contributed by atoms with E-state index in [9.17, 15) is 4.39 Å². The van der Waals surface area contributed by atoms with Gasteiger partial charge in [-0.2, -0.15) is 0 Å². The van der Waals surface area contributed by atoms with Crippen molar-refractivity contribution in [3.63, 3.8) is 0 Å². The molecule has 0 N–H and O–H groups in total. The molecule has 0 bridgehead atoms. The lowest BCUT2D eigenvalue weighted by molar-refractivity contribution is 0.236. The third kappa shape index (κ3) is 3.16. The van der Waals surface area contributed by atoms with Crippen molar-refractivity contribution in [2.45, 2.75) is 45.2 Å².